The zero-order chi connectivity index (χ0) is 17.6. The van der Waals surface area contributed by atoms with E-state index in [1.807, 2.05) is 36.4 Å². The summed E-state index contributed by atoms with van der Waals surface area (Å²) in [6.45, 7) is 2.13. The third-order valence-electron chi connectivity index (χ3n) is 3.78. The fourth-order valence-electron chi connectivity index (χ4n) is 2.46. The first kappa shape index (κ1) is 16.6. The van der Waals surface area contributed by atoms with Crippen LogP contribution < -0.4 is 10.1 Å². The van der Waals surface area contributed by atoms with E-state index in [9.17, 15) is 4.79 Å². The lowest BCUT2D eigenvalue weighted by Crippen LogP contribution is -2.12. The Labute approximate surface area is 145 Å². The average Bonchev–Trinajstić information content (AvgIpc) is 3.07. The van der Waals surface area contributed by atoms with E-state index < -0.39 is 0 Å². The number of nitrogens with one attached hydrogen (secondary N) is 1. The molecular weight excluding hydrogens is 318 g/mol. The van der Waals surface area contributed by atoms with Crippen LogP contribution in [0, 0.1) is 0 Å². The molecule has 3 rings (SSSR count). The first-order chi connectivity index (χ1) is 12.2. The van der Waals surface area contributed by atoms with Crippen molar-refractivity contribution in [3.05, 3.63) is 60.0 Å². The molecule has 0 spiro atoms. The number of ether oxygens (including phenoxy) is 1. The van der Waals surface area contributed by atoms with Crippen LogP contribution in [0.3, 0.4) is 0 Å². The van der Waals surface area contributed by atoms with Gasteiger partial charge in [0, 0.05) is 25.9 Å². The molecule has 1 aromatic carbocycles. The van der Waals surface area contributed by atoms with Gasteiger partial charge >= 0.3 is 0 Å². The summed E-state index contributed by atoms with van der Waals surface area (Å²) in [6.07, 6.45) is 4.33. The van der Waals surface area contributed by atoms with Crippen LogP contribution in [-0.4, -0.2) is 39.4 Å². The fourth-order valence-corrected chi connectivity index (χ4v) is 2.46. The third kappa shape index (κ3) is 3.82. The molecule has 25 heavy (non-hydrogen) atoms. The maximum Gasteiger partial charge on any atom is 0.183 e. The van der Waals surface area contributed by atoms with Gasteiger partial charge in [0.25, 0.3) is 0 Å². The number of carbonyl (C=O) groups excluding carboxylic acids is 1. The van der Waals surface area contributed by atoms with Crippen LogP contribution in [0.1, 0.15) is 23.0 Å². The molecule has 0 fully saturated rings. The standard InChI is InChI=1S/C18H19N5O2/c1-13(24)17-18(20-12-9-14-7-10-19-11-8-14)23(22-21-17)15-3-5-16(25-2)6-4-15/h3-8,10-11,20H,9,12H2,1-2H3. The molecule has 2 heterocycles. The molecule has 3 aromatic rings. The van der Waals surface area contributed by atoms with Gasteiger partial charge in [0.05, 0.1) is 12.8 Å². The van der Waals surface area contributed by atoms with Gasteiger partial charge in [0.2, 0.25) is 0 Å². The zero-order valence-corrected chi connectivity index (χ0v) is 14.1. The van der Waals surface area contributed by atoms with Gasteiger partial charge < -0.3 is 10.1 Å². The Morgan fingerprint density at radius 2 is 1.88 bits per heavy atom. The number of aromatic nitrogens is 4. The number of nitrogens with zero attached hydrogens (tertiary/aromatic N) is 4. The summed E-state index contributed by atoms with van der Waals surface area (Å²) < 4.78 is 6.80. The first-order valence-corrected chi connectivity index (χ1v) is 7.93. The number of hydrogen-bond acceptors (Lipinski definition) is 6. The molecule has 0 aliphatic heterocycles. The second kappa shape index (κ2) is 7.57. The maximum absolute atomic E-state index is 11.9. The molecule has 0 unspecified atom stereocenters. The van der Waals surface area contributed by atoms with Crippen molar-refractivity contribution in [2.24, 2.45) is 0 Å². The van der Waals surface area contributed by atoms with E-state index in [4.69, 9.17) is 4.74 Å². The van der Waals surface area contributed by atoms with Crippen molar-refractivity contribution in [1.29, 1.82) is 0 Å². The molecular formula is C18H19N5O2. The highest BCUT2D eigenvalue weighted by atomic mass is 16.5. The number of ketones is 1. The highest BCUT2D eigenvalue weighted by molar-refractivity contribution is 5.96. The van der Waals surface area contributed by atoms with Gasteiger partial charge in [-0.05, 0) is 48.4 Å². The number of pyridine rings is 1. The monoisotopic (exact) mass is 337 g/mol. The highest BCUT2D eigenvalue weighted by Gasteiger charge is 2.17. The van der Waals surface area contributed by atoms with Crippen LogP contribution in [0.15, 0.2) is 48.8 Å². The largest absolute Gasteiger partial charge is 0.497 e. The number of benzene rings is 1. The van der Waals surface area contributed by atoms with Gasteiger partial charge in [0.15, 0.2) is 17.3 Å². The number of anilines is 1. The summed E-state index contributed by atoms with van der Waals surface area (Å²) in [4.78, 5) is 15.9. The molecule has 0 saturated heterocycles. The molecule has 1 N–H and O–H groups in total. The van der Waals surface area contributed by atoms with Crippen molar-refractivity contribution in [1.82, 2.24) is 20.0 Å². The minimum Gasteiger partial charge on any atom is -0.497 e. The van der Waals surface area contributed by atoms with Crippen LogP contribution in [-0.2, 0) is 6.42 Å². The molecule has 0 radical (unpaired) electrons. The molecule has 0 aliphatic carbocycles. The predicted octanol–water partition coefficient (Wildman–Crippen LogP) is 2.53. The van der Waals surface area contributed by atoms with Gasteiger partial charge in [-0.2, -0.15) is 4.68 Å². The number of rotatable bonds is 7. The normalized spacial score (nSPS) is 10.5. The van der Waals surface area contributed by atoms with E-state index in [2.05, 4.69) is 20.6 Å². The van der Waals surface area contributed by atoms with Crippen molar-refractivity contribution in [2.45, 2.75) is 13.3 Å². The number of Topliss-reactive ketones (excluding diaryl/α,β-unsaturated/α-hetero) is 1. The maximum atomic E-state index is 11.9. The summed E-state index contributed by atoms with van der Waals surface area (Å²) in [5.74, 6) is 1.21. The fraction of sp³-hybridized carbons (Fsp3) is 0.222. The number of carbonyl (C=O) groups is 1. The smallest absolute Gasteiger partial charge is 0.183 e. The average molecular weight is 337 g/mol. The summed E-state index contributed by atoms with van der Waals surface area (Å²) in [5, 5.41) is 11.4. The first-order valence-electron chi connectivity index (χ1n) is 7.93. The Kier molecular flexibility index (Phi) is 5.03. The molecule has 2 aromatic heterocycles. The van der Waals surface area contributed by atoms with Gasteiger partial charge in [-0.1, -0.05) is 5.21 Å². The van der Waals surface area contributed by atoms with Crippen LogP contribution in [0.25, 0.3) is 5.69 Å². The van der Waals surface area contributed by atoms with Crippen molar-refractivity contribution in [3.63, 3.8) is 0 Å². The van der Waals surface area contributed by atoms with Gasteiger partial charge in [0.1, 0.15) is 5.75 Å². The molecule has 0 atom stereocenters. The van der Waals surface area contributed by atoms with Crippen molar-refractivity contribution in [2.75, 3.05) is 19.0 Å². The Morgan fingerprint density at radius 1 is 1.16 bits per heavy atom. The summed E-state index contributed by atoms with van der Waals surface area (Å²) in [6, 6.07) is 11.3. The Hall–Kier alpha value is -3.22. The molecule has 0 saturated carbocycles. The molecule has 0 aliphatic rings. The molecule has 7 nitrogen and oxygen atoms in total. The Bertz CT molecular complexity index is 844. The van der Waals surface area contributed by atoms with E-state index in [1.54, 1.807) is 24.2 Å². The van der Waals surface area contributed by atoms with E-state index in [-0.39, 0.29) is 5.78 Å². The third-order valence-corrected chi connectivity index (χ3v) is 3.78. The van der Waals surface area contributed by atoms with Crippen molar-refractivity contribution >= 4 is 11.6 Å². The quantitative estimate of drug-likeness (QED) is 0.667. The van der Waals surface area contributed by atoms with Crippen LogP contribution in [0.4, 0.5) is 5.82 Å². The van der Waals surface area contributed by atoms with Crippen LogP contribution in [0.5, 0.6) is 5.75 Å². The predicted molar refractivity (Wildman–Crippen MR) is 94.3 cm³/mol. The topological polar surface area (TPSA) is 81.9 Å². The lowest BCUT2D eigenvalue weighted by Gasteiger charge is -2.10. The summed E-state index contributed by atoms with van der Waals surface area (Å²) >= 11 is 0. The molecule has 128 valence electrons. The zero-order valence-electron chi connectivity index (χ0n) is 14.1. The van der Waals surface area contributed by atoms with E-state index in [0.29, 0.717) is 18.1 Å². The van der Waals surface area contributed by atoms with E-state index in [0.717, 1.165) is 23.4 Å². The lowest BCUT2D eigenvalue weighted by atomic mass is 10.2. The second-order valence-electron chi connectivity index (χ2n) is 5.48. The van der Waals surface area contributed by atoms with Gasteiger partial charge in [-0.3, -0.25) is 9.78 Å². The van der Waals surface area contributed by atoms with Gasteiger partial charge in [-0.25, -0.2) is 0 Å². The summed E-state index contributed by atoms with van der Waals surface area (Å²) in [7, 11) is 1.62. The van der Waals surface area contributed by atoms with Crippen molar-refractivity contribution in [3.8, 4) is 11.4 Å². The Morgan fingerprint density at radius 3 is 2.52 bits per heavy atom. The van der Waals surface area contributed by atoms with Gasteiger partial charge in [-0.15, -0.1) is 5.10 Å². The molecule has 7 heteroatoms. The van der Waals surface area contributed by atoms with Crippen molar-refractivity contribution < 1.29 is 9.53 Å². The van der Waals surface area contributed by atoms with Crippen LogP contribution in [0.2, 0.25) is 0 Å². The molecule has 0 bridgehead atoms. The Balaban J connectivity index is 1.82. The lowest BCUT2D eigenvalue weighted by molar-refractivity contribution is 0.101. The number of methoxy groups -OCH3 is 1. The highest BCUT2D eigenvalue weighted by Crippen LogP contribution is 2.21. The van der Waals surface area contributed by atoms with E-state index >= 15 is 0 Å². The van der Waals surface area contributed by atoms with Crippen LogP contribution >= 0.6 is 0 Å². The summed E-state index contributed by atoms with van der Waals surface area (Å²) in [5.41, 5.74) is 2.29. The molecule has 0 amide bonds. The van der Waals surface area contributed by atoms with E-state index in [1.165, 1.54) is 6.92 Å². The number of hydrogen-bond donors (Lipinski definition) is 1. The second-order valence-corrected chi connectivity index (χ2v) is 5.48. The SMILES string of the molecule is COc1ccc(-n2nnc(C(C)=O)c2NCCc2ccncc2)cc1. The minimum atomic E-state index is -0.133. The minimum absolute atomic E-state index is 0.133.